The smallest absolute Gasteiger partial charge is 0.365 e. The number of amides is 2. The summed E-state index contributed by atoms with van der Waals surface area (Å²) in [5.74, 6) is -0.948. The number of nitrogens with one attached hydrogen (secondary N) is 2. The fourth-order valence-electron chi connectivity index (χ4n) is 2.02. The zero-order valence-corrected chi connectivity index (χ0v) is 11.2. The van der Waals surface area contributed by atoms with Gasteiger partial charge in [0.2, 0.25) is 0 Å². The number of nitrogens with zero attached hydrogens (tertiary/aromatic N) is 1. The Hall–Kier alpha value is -2.03. The topological polar surface area (TPSA) is 74.4 Å². The molecule has 1 aromatic heterocycles. The minimum atomic E-state index is -4.53. The highest BCUT2D eigenvalue weighted by Crippen LogP contribution is 2.28. The Labute approximate surface area is 118 Å². The lowest BCUT2D eigenvalue weighted by atomic mass is 10.2. The summed E-state index contributed by atoms with van der Waals surface area (Å²) in [4.78, 5) is 27.0. The van der Waals surface area contributed by atoms with Crippen molar-refractivity contribution in [3.63, 3.8) is 0 Å². The number of morpholine rings is 1. The van der Waals surface area contributed by atoms with E-state index >= 15 is 0 Å². The van der Waals surface area contributed by atoms with E-state index in [1.54, 1.807) is 0 Å². The second-order valence-electron chi connectivity index (χ2n) is 4.52. The Bertz CT molecular complexity index is 541. The third-order valence-corrected chi connectivity index (χ3v) is 3.13. The normalized spacial score (nSPS) is 19.4. The molecule has 0 aromatic carbocycles. The van der Waals surface area contributed by atoms with Crippen LogP contribution in [0.4, 0.5) is 13.2 Å². The van der Waals surface area contributed by atoms with Crippen LogP contribution in [0.15, 0.2) is 12.3 Å². The summed E-state index contributed by atoms with van der Waals surface area (Å²) < 4.78 is 42.7. The number of carbonyl (C=O) groups is 2. The van der Waals surface area contributed by atoms with E-state index in [1.165, 1.54) is 11.9 Å². The van der Waals surface area contributed by atoms with Crippen molar-refractivity contribution in [1.82, 2.24) is 15.2 Å². The second kappa shape index (κ2) is 5.76. The molecule has 1 aliphatic rings. The zero-order chi connectivity index (χ0) is 15.6. The van der Waals surface area contributed by atoms with Crippen molar-refractivity contribution in [2.24, 2.45) is 0 Å². The number of rotatable bonds is 2. The molecule has 2 heterocycles. The van der Waals surface area contributed by atoms with Crippen molar-refractivity contribution in [1.29, 1.82) is 0 Å². The van der Waals surface area contributed by atoms with Gasteiger partial charge in [0.15, 0.2) is 6.10 Å². The van der Waals surface area contributed by atoms with Crippen LogP contribution >= 0.6 is 0 Å². The fraction of sp³-hybridized carbons (Fsp3) is 0.500. The average Bonchev–Trinajstić information content (AvgIpc) is 2.95. The SMILES string of the molecule is CNC(=O)C1CN(C(=O)c2c[nH]c(C(F)(F)F)c2)CCO1. The molecule has 2 rings (SSSR count). The highest BCUT2D eigenvalue weighted by atomic mass is 19.4. The maximum atomic E-state index is 12.5. The number of hydrogen-bond donors (Lipinski definition) is 2. The number of alkyl halides is 3. The van der Waals surface area contributed by atoms with Gasteiger partial charge in [-0.2, -0.15) is 13.2 Å². The van der Waals surface area contributed by atoms with E-state index in [0.717, 1.165) is 12.3 Å². The minimum Gasteiger partial charge on any atom is -0.365 e. The lowest BCUT2D eigenvalue weighted by Gasteiger charge is -2.31. The van der Waals surface area contributed by atoms with Gasteiger partial charge in [-0.15, -0.1) is 0 Å². The maximum absolute atomic E-state index is 12.5. The van der Waals surface area contributed by atoms with Crippen LogP contribution in [0.3, 0.4) is 0 Å². The Morgan fingerprint density at radius 2 is 2.19 bits per heavy atom. The molecule has 1 fully saturated rings. The van der Waals surface area contributed by atoms with E-state index in [1.807, 2.05) is 4.98 Å². The lowest BCUT2D eigenvalue weighted by molar-refractivity contribution is -0.140. The largest absolute Gasteiger partial charge is 0.431 e. The van der Waals surface area contributed by atoms with Crippen molar-refractivity contribution in [2.75, 3.05) is 26.7 Å². The molecule has 116 valence electrons. The molecule has 2 amide bonds. The molecular weight excluding hydrogens is 291 g/mol. The number of H-pyrrole nitrogens is 1. The van der Waals surface area contributed by atoms with Gasteiger partial charge in [0.1, 0.15) is 5.69 Å². The first-order valence-electron chi connectivity index (χ1n) is 6.21. The fourth-order valence-corrected chi connectivity index (χ4v) is 2.02. The zero-order valence-electron chi connectivity index (χ0n) is 11.2. The highest BCUT2D eigenvalue weighted by Gasteiger charge is 2.34. The summed E-state index contributed by atoms with van der Waals surface area (Å²) in [6.45, 7) is 0.379. The van der Waals surface area contributed by atoms with E-state index in [-0.39, 0.29) is 31.2 Å². The highest BCUT2D eigenvalue weighted by molar-refractivity contribution is 5.95. The van der Waals surface area contributed by atoms with Gasteiger partial charge in [-0.25, -0.2) is 0 Å². The van der Waals surface area contributed by atoms with E-state index in [9.17, 15) is 22.8 Å². The van der Waals surface area contributed by atoms with E-state index < -0.39 is 23.9 Å². The van der Waals surface area contributed by atoms with Gasteiger partial charge in [0.25, 0.3) is 11.8 Å². The van der Waals surface area contributed by atoms with Crippen LogP contribution in [0.2, 0.25) is 0 Å². The van der Waals surface area contributed by atoms with Crippen LogP contribution in [0.25, 0.3) is 0 Å². The summed E-state index contributed by atoms with van der Waals surface area (Å²) in [5, 5.41) is 2.40. The van der Waals surface area contributed by atoms with Crippen LogP contribution < -0.4 is 5.32 Å². The maximum Gasteiger partial charge on any atom is 0.431 e. The van der Waals surface area contributed by atoms with E-state index in [0.29, 0.717) is 0 Å². The number of aromatic nitrogens is 1. The average molecular weight is 305 g/mol. The van der Waals surface area contributed by atoms with Crippen LogP contribution in [0, 0.1) is 0 Å². The Morgan fingerprint density at radius 1 is 1.48 bits per heavy atom. The molecule has 21 heavy (non-hydrogen) atoms. The number of aromatic amines is 1. The third kappa shape index (κ3) is 3.35. The standard InChI is InChI=1S/C12H14F3N3O3/c1-16-10(19)8-6-18(2-3-21-8)11(20)7-4-9(17-5-7)12(13,14)15/h4-5,8,17H,2-3,6H2,1H3,(H,16,19). The third-order valence-electron chi connectivity index (χ3n) is 3.13. The summed E-state index contributed by atoms with van der Waals surface area (Å²) in [6.07, 6.45) is -4.34. The number of ether oxygens (including phenoxy) is 1. The van der Waals surface area contributed by atoms with Gasteiger partial charge in [0, 0.05) is 19.8 Å². The predicted molar refractivity (Wildman–Crippen MR) is 65.5 cm³/mol. The van der Waals surface area contributed by atoms with Crippen molar-refractivity contribution < 1.29 is 27.5 Å². The minimum absolute atomic E-state index is 0.00500. The molecule has 9 heteroatoms. The van der Waals surface area contributed by atoms with Gasteiger partial charge in [-0.1, -0.05) is 0 Å². The first-order chi connectivity index (χ1) is 9.82. The Kier molecular flexibility index (Phi) is 4.21. The molecule has 1 saturated heterocycles. The van der Waals surface area contributed by atoms with Crippen molar-refractivity contribution in [3.05, 3.63) is 23.5 Å². The van der Waals surface area contributed by atoms with Gasteiger partial charge in [-0.3, -0.25) is 9.59 Å². The van der Waals surface area contributed by atoms with Crippen LogP contribution in [-0.2, 0) is 15.7 Å². The molecule has 1 aliphatic heterocycles. The number of halogens is 3. The predicted octanol–water partition coefficient (Wildman–Crippen LogP) is 0.621. The molecule has 1 unspecified atom stereocenters. The lowest BCUT2D eigenvalue weighted by Crippen LogP contribution is -2.51. The van der Waals surface area contributed by atoms with Gasteiger partial charge in [-0.05, 0) is 6.07 Å². The summed E-state index contributed by atoms with van der Waals surface area (Å²) in [5.41, 5.74) is -1.08. The monoisotopic (exact) mass is 305 g/mol. The molecular formula is C12H14F3N3O3. The Balaban J connectivity index is 2.09. The first kappa shape index (κ1) is 15.4. The molecule has 2 N–H and O–H groups in total. The van der Waals surface area contributed by atoms with Crippen LogP contribution in [0.5, 0.6) is 0 Å². The van der Waals surface area contributed by atoms with Crippen molar-refractivity contribution in [3.8, 4) is 0 Å². The van der Waals surface area contributed by atoms with Crippen molar-refractivity contribution >= 4 is 11.8 Å². The van der Waals surface area contributed by atoms with E-state index in [4.69, 9.17) is 4.74 Å². The molecule has 0 bridgehead atoms. The number of likely N-dealkylation sites (N-methyl/N-ethyl adjacent to an activating group) is 1. The van der Waals surface area contributed by atoms with Gasteiger partial charge < -0.3 is 19.9 Å². The van der Waals surface area contributed by atoms with Gasteiger partial charge >= 0.3 is 6.18 Å². The molecule has 1 aromatic rings. The molecule has 0 aliphatic carbocycles. The summed E-state index contributed by atoms with van der Waals surface area (Å²) >= 11 is 0. The quantitative estimate of drug-likeness (QED) is 0.841. The van der Waals surface area contributed by atoms with E-state index in [2.05, 4.69) is 5.32 Å². The van der Waals surface area contributed by atoms with Crippen LogP contribution in [-0.4, -0.2) is 54.5 Å². The first-order valence-corrected chi connectivity index (χ1v) is 6.21. The molecule has 0 radical (unpaired) electrons. The molecule has 0 spiro atoms. The van der Waals surface area contributed by atoms with Crippen molar-refractivity contribution in [2.45, 2.75) is 12.3 Å². The second-order valence-corrected chi connectivity index (χ2v) is 4.52. The molecule has 0 saturated carbocycles. The van der Waals surface area contributed by atoms with Gasteiger partial charge in [0.05, 0.1) is 18.7 Å². The van der Waals surface area contributed by atoms with Crippen LogP contribution in [0.1, 0.15) is 16.1 Å². The Morgan fingerprint density at radius 3 is 2.76 bits per heavy atom. The molecule has 6 nitrogen and oxygen atoms in total. The summed E-state index contributed by atoms with van der Waals surface area (Å²) in [6, 6.07) is 0.757. The number of hydrogen-bond acceptors (Lipinski definition) is 3. The number of carbonyl (C=O) groups excluding carboxylic acids is 2. The molecule has 1 atom stereocenters. The summed E-state index contributed by atoms with van der Waals surface area (Å²) in [7, 11) is 1.44.